The molecule has 0 aromatic heterocycles. The highest BCUT2D eigenvalue weighted by atomic mass is 35.5. The molecule has 0 aliphatic carbocycles. The van der Waals surface area contributed by atoms with Crippen LogP contribution >= 0.6 is 11.6 Å². The van der Waals surface area contributed by atoms with Gasteiger partial charge in [-0.25, -0.2) is 0 Å². The summed E-state index contributed by atoms with van der Waals surface area (Å²) in [5, 5.41) is 0.683. The van der Waals surface area contributed by atoms with Gasteiger partial charge >= 0.3 is 0 Å². The fraction of sp³-hybridized carbons (Fsp3) is 0.235. The molecule has 1 unspecified atom stereocenters. The van der Waals surface area contributed by atoms with Crippen LogP contribution in [0.4, 0.5) is 5.69 Å². The van der Waals surface area contributed by atoms with Crippen LogP contribution in [0.25, 0.3) is 0 Å². The zero-order valence-electron chi connectivity index (χ0n) is 12.1. The summed E-state index contributed by atoms with van der Waals surface area (Å²) in [6.07, 6.45) is 0.445. The van der Waals surface area contributed by atoms with E-state index in [-0.39, 0.29) is 11.9 Å². The molecule has 1 heterocycles. The monoisotopic (exact) mass is 300 g/mol. The third-order valence-corrected chi connectivity index (χ3v) is 4.35. The summed E-state index contributed by atoms with van der Waals surface area (Å²) in [5.74, 6) is 0.120. The highest BCUT2D eigenvalue weighted by Crippen LogP contribution is 2.32. The van der Waals surface area contributed by atoms with Gasteiger partial charge in [-0.3, -0.25) is 4.79 Å². The van der Waals surface area contributed by atoms with Gasteiger partial charge in [0.2, 0.25) is 5.91 Å². The molecule has 1 atom stereocenters. The van der Waals surface area contributed by atoms with Gasteiger partial charge in [0.15, 0.2) is 0 Å². The molecule has 2 aromatic carbocycles. The van der Waals surface area contributed by atoms with E-state index in [0.29, 0.717) is 11.4 Å². The highest BCUT2D eigenvalue weighted by Gasteiger charge is 2.25. The predicted molar refractivity (Wildman–Crippen MR) is 85.8 cm³/mol. The second-order valence-corrected chi connectivity index (χ2v) is 5.93. The van der Waals surface area contributed by atoms with E-state index in [4.69, 9.17) is 17.3 Å². The summed E-state index contributed by atoms with van der Waals surface area (Å²) in [6, 6.07) is 11.5. The van der Waals surface area contributed by atoms with Crippen molar-refractivity contribution in [1.82, 2.24) is 0 Å². The first-order valence-corrected chi connectivity index (χ1v) is 7.26. The molecule has 0 bridgehead atoms. The number of rotatable bonds is 2. The SMILES string of the molecule is Cc1ccc(Cl)cc1C(N)c1ccc2c(c1)CC(=O)N2C. The molecular weight excluding hydrogens is 284 g/mol. The van der Waals surface area contributed by atoms with Gasteiger partial charge in [-0.2, -0.15) is 0 Å². The maximum absolute atomic E-state index is 11.8. The number of hydrogen-bond donors (Lipinski definition) is 1. The van der Waals surface area contributed by atoms with E-state index < -0.39 is 0 Å². The number of nitrogens with zero attached hydrogens (tertiary/aromatic N) is 1. The van der Waals surface area contributed by atoms with Gasteiger partial charge in [-0.1, -0.05) is 29.8 Å². The molecule has 1 aliphatic heterocycles. The molecule has 0 spiro atoms. The number of nitrogens with two attached hydrogens (primary N) is 1. The van der Waals surface area contributed by atoms with Crippen LogP contribution in [0.3, 0.4) is 0 Å². The number of halogens is 1. The normalized spacial score (nSPS) is 15.2. The largest absolute Gasteiger partial charge is 0.320 e. The van der Waals surface area contributed by atoms with Crippen molar-refractivity contribution in [3.05, 3.63) is 63.7 Å². The van der Waals surface area contributed by atoms with Gasteiger partial charge in [-0.15, -0.1) is 0 Å². The van der Waals surface area contributed by atoms with Gasteiger partial charge < -0.3 is 10.6 Å². The van der Waals surface area contributed by atoms with Gasteiger partial charge in [-0.05, 0) is 47.4 Å². The number of fused-ring (bicyclic) bond motifs is 1. The van der Waals surface area contributed by atoms with E-state index in [2.05, 4.69) is 0 Å². The van der Waals surface area contributed by atoms with Crippen LogP contribution in [0.5, 0.6) is 0 Å². The number of anilines is 1. The van der Waals surface area contributed by atoms with E-state index in [1.807, 2.05) is 43.3 Å². The third-order valence-electron chi connectivity index (χ3n) is 4.12. The summed E-state index contributed by atoms with van der Waals surface area (Å²) < 4.78 is 0. The molecule has 4 heteroatoms. The Bertz CT molecular complexity index is 727. The van der Waals surface area contributed by atoms with Crippen LogP contribution in [0.15, 0.2) is 36.4 Å². The van der Waals surface area contributed by atoms with Gasteiger partial charge in [0.1, 0.15) is 0 Å². The van der Waals surface area contributed by atoms with Crippen LogP contribution in [0, 0.1) is 6.92 Å². The third kappa shape index (κ3) is 2.43. The Labute approximate surface area is 129 Å². The summed E-state index contributed by atoms with van der Waals surface area (Å²) in [6.45, 7) is 2.02. The average Bonchev–Trinajstić information content (AvgIpc) is 2.75. The minimum absolute atomic E-state index is 0.120. The molecular formula is C17H17ClN2O. The zero-order valence-corrected chi connectivity index (χ0v) is 12.8. The summed E-state index contributed by atoms with van der Waals surface area (Å²) in [5.41, 5.74) is 11.5. The van der Waals surface area contributed by atoms with Crippen LogP contribution in [0.2, 0.25) is 5.02 Å². The van der Waals surface area contributed by atoms with Crippen molar-refractivity contribution in [3.8, 4) is 0 Å². The molecule has 1 amide bonds. The highest BCUT2D eigenvalue weighted by molar-refractivity contribution is 6.30. The van der Waals surface area contributed by atoms with Crippen molar-refractivity contribution in [3.63, 3.8) is 0 Å². The lowest BCUT2D eigenvalue weighted by Crippen LogP contribution is -2.20. The predicted octanol–water partition coefficient (Wildman–Crippen LogP) is 3.22. The molecule has 3 rings (SSSR count). The van der Waals surface area contributed by atoms with E-state index in [1.165, 1.54) is 0 Å². The Morgan fingerprint density at radius 3 is 2.76 bits per heavy atom. The smallest absolute Gasteiger partial charge is 0.231 e. The molecule has 0 saturated carbocycles. The molecule has 2 N–H and O–H groups in total. The van der Waals surface area contributed by atoms with Crippen molar-refractivity contribution >= 4 is 23.2 Å². The Morgan fingerprint density at radius 1 is 1.24 bits per heavy atom. The lowest BCUT2D eigenvalue weighted by molar-refractivity contribution is -0.117. The first-order valence-electron chi connectivity index (χ1n) is 6.88. The molecule has 0 fully saturated rings. The Kier molecular flexibility index (Phi) is 3.47. The van der Waals surface area contributed by atoms with Gasteiger partial charge in [0, 0.05) is 17.8 Å². The number of hydrogen-bond acceptors (Lipinski definition) is 2. The zero-order chi connectivity index (χ0) is 15.1. The minimum atomic E-state index is -0.241. The second kappa shape index (κ2) is 5.17. The molecule has 21 heavy (non-hydrogen) atoms. The van der Waals surface area contributed by atoms with Gasteiger partial charge in [0.25, 0.3) is 0 Å². The first kappa shape index (κ1) is 14.1. The summed E-state index contributed by atoms with van der Waals surface area (Å²) in [7, 11) is 1.80. The van der Waals surface area contributed by atoms with E-state index in [9.17, 15) is 4.79 Å². The minimum Gasteiger partial charge on any atom is -0.320 e. The van der Waals surface area contributed by atoms with Crippen molar-refractivity contribution in [2.45, 2.75) is 19.4 Å². The molecule has 0 saturated heterocycles. The van der Waals surface area contributed by atoms with E-state index in [1.54, 1.807) is 11.9 Å². The number of benzene rings is 2. The number of amides is 1. The molecule has 108 valence electrons. The molecule has 1 aliphatic rings. The van der Waals surface area contributed by atoms with Gasteiger partial charge in [0.05, 0.1) is 12.5 Å². The summed E-state index contributed by atoms with van der Waals surface area (Å²) in [4.78, 5) is 13.4. The van der Waals surface area contributed by atoms with Crippen LogP contribution in [-0.4, -0.2) is 13.0 Å². The van der Waals surface area contributed by atoms with E-state index >= 15 is 0 Å². The number of aryl methyl sites for hydroxylation is 1. The quantitative estimate of drug-likeness (QED) is 0.925. The standard InChI is InChI=1S/C17H17ClN2O/c1-10-3-5-13(18)9-14(10)17(19)11-4-6-15-12(7-11)8-16(21)20(15)2/h3-7,9,17H,8,19H2,1-2H3. The van der Waals surface area contributed by atoms with Crippen molar-refractivity contribution < 1.29 is 4.79 Å². The molecule has 3 nitrogen and oxygen atoms in total. The lowest BCUT2D eigenvalue weighted by atomic mass is 9.94. The topological polar surface area (TPSA) is 46.3 Å². The van der Waals surface area contributed by atoms with Crippen molar-refractivity contribution in [2.24, 2.45) is 5.73 Å². The maximum Gasteiger partial charge on any atom is 0.231 e. The fourth-order valence-electron chi connectivity index (χ4n) is 2.81. The number of carbonyl (C=O) groups is 1. The first-order chi connectivity index (χ1) is 9.97. The van der Waals surface area contributed by atoms with Crippen LogP contribution < -0.4 is 10.6 Å². The van der Waals surface area contributed by atoms with Crippen LogP contribution in [0.1, 0.15) is 28.3 Å². The van der Waals surface area contributed by atoms with Crippen molar-refractivity contribution in [2.75, 3.05) is 11.9 Å². The van der Waals surface area contributed by atoms with Crippen molar-refractivity contribution in [1.29, 1.82) is 0 Å². The fourth-order valence-corrected chi connectivity index (χ4v) is 2.99. The summed E-state index contributed by atoms with van der Waals surface area (Å²) >= 11 is 6.07. The lowest BCUT2D eigenvalue weighted by Gasteiger charge is -2.17. The average molecular weight is 301 g/mol. The number of carbonyl (C=O) groups excluding carboxylic acids is 1. The Balaban J connectivity index is 2.00. The Hall–Kier alpha value is -1.84. The van der Waals surface area contributed by atoms with Crippen LogP contribution in [-0.2, 0) is 11.2 Å². The maximum atomic E-state index is 11.8. The molecule has 2 aromatic rings. The Morgan fingerprint density at radius 2 is 2.00 bits per heavy atom. The number of likely N-dealkylation sites (N-methyl/N-ethyl adjacent to an activating group) is 1. The molecule has 0 radical (unpaired) electrons. The van der Waals surface area contributed by atoms with E-state index in [0.717, 1.165) is 27.9 Å². The second-order valence-electron chi connectivity index (χ2n) is 5.50.